The summed E-state index contributed by atoms with van der Waals surface area (Å²) in [6.07, 6.45) is 1.83. The second kappa shape index (κ2) is 8.17. The predicted molar refractivity (Wildman–Crippen MR) is 107 cm³/mol. The molecular weight excluding hydrogens is 322 g/mol. The van der Waals surface area contributed by atoms with Gasteiger partial charge in [-0.1, -0.05) is 66.7 Å². The van der Waals surface area contributed by atoms with Gasteiger partial charge < -0.3 is 10.1 Å². The Bertz CT molecular complexity index is 930. The molecule has 0 bridgehead atoms. The summed E-state index contributed by atoms with van der Waals surface area (Å²) in [7, 11) is 1.62. The molecule has 0 radical (unpaired) electrons. The molecular formula is C23H21NO2. The summed E-state index contributed by atoms with van der Waals surface area (Å²) < 4.78 is 5.34. The highest BCUT2D eigenvalue weighted by molar-refractivity contribution is 6.08. The average Bonchev–Trinajstić information content (AvgIpc) is 2.69. The molecule has 0 unspecified atom stereocenters. The summed E-state index contributed by atoms with van der Waals surface area (Å²) >= 11 is 0. The first-order valence-corrected chi connectivity index (χ1v) is 8.46. The molecule has 3 rings (SSSR count). The van der Waals surface area contributed by atoms with Gasteiger partial charge in [-0.25, -0.2) is 0 Å². The third kappa shape index (κ3) is 4.01. The van der Waals surface area contributed by atoms with Crippen molar-refractivity contribution in [2.24, 2.45) is 0 Å². The highest BCUT2D eigenvalue weighted by Gasteiger charge is 2.10. The van der Waals surface area contributed by atoms with Crippen LogP contribution in [0.15, 0.2) is 84.4 Å². The van der Waals surface area contributed by atoms with Crippen LogP contribution in [0.1, 0.15) is 12.5 Å². The van der Waals surface area contributed by atoms with Crippen LogP contribution in [0.3, 0.4) is 0 Å². The molecule has 0 saturated carbocycles. The van der Waals surface area contributed by atoms with E-state index in [0.717, 1.165) is 28.1 Å². The lowest BCUT2D eigenvalue weighted by Gasteiger charge is -2.12. The number of anilines is 1. The number of carbonyl (C=O) groups excluding carboxylic acids is 1. The van der Waals surface area contributed by atoms with Crippen LogP contribution in [0.25, 0.3) is 17.2 Å². The summed E-state index contributed by atoms with van der Waals surface area (Å²) in [5.41, 5.74) is 4.33. The van der Waals surface area contributed by atoms with Crippen molar-refractivity contribution >= 4 is 17.7 Å². The molecule has 3 aromatic carbocycles. The zero-order valence-electron chi connectivity index (χ0n) is 14.9. The lowest BCUT2D eigenvalue weighted by atomic mass is 10.0. The minimum absolute atomic E-state index is 0.140. The van der Waals surface area contributed by atoms with Crippen molar-refractivity contribution in [1.82, 2.24) is 0 Å². The predicted octanol–water partition coefficient (Wildman–Crippen LogP) is 5.40. The van der Waals surface area contributed by atoms with Gasteiger partial charge in [-0.15, -0.1) is 0 Å². The SMILES string of the molecule is COc1ccccc1/C=C(\C)C(=O)Nc1ccccc1-c1ccccc1. The van der Waals surface area contributed by atoms with E-state index in [-0.39, 0.29) is 5.91 Å². The number of ether oxygens (including phenoxy) is 1. The number of methoxy groups -OCH3 is 1. The molecule has 0 spiro atoms. The van der Waals surface area contributed by atoms with Crippen LogP contribution in [-0.4, -0.2) is 13.0 Å². The van der Waals surface area contributed by atoms with Gasteiger partial charge in [0.1, 0.15) is 5.75 Å². The van der Waals surface area contributed by atoms with E-state index in [0.29, 0.717) is 5.57 Å². The third-order valence-electron chi connectivity index (χ3n) is 4.13. The first-order valence-electron chi connectivity index (χ1n) is 8.46. The molecule has 0 aliphatic rings. The molecule has 1 amide bonds. The first-order chi connectivity index (χ1) is 12.7. The highest BCUT2D eigenvalue weighted by Crippen LogP contribution is 2.28. The van der Waals surface area contributed by atoms with Crippen LogP contribution in [0.4, 0.5) is 5.69 Å². The zero-order valence-corrected chi connectivity index (χ0v) is 14.9. The number of benzene rings is 3. The molecule has 3 nitrogen and oxygen atoms in total. The summed E-state index contributed by atoms with van der Waals surface area (Å²) in [6.45, 7) is 1.80. The quantitative estimate of drug-likeness (QED) is 0.630. The zero-order chi connectivity index (χ0) is 18.4. The lowest BCUT2D eigenvalue weighted by Crippen LogP contribution is -2.13. The minimum Gasteiger partial charge on any atom is -0.496 e. The number of amides is 1. The second-order valence-corrected chi connectivity index (χ2v) is 5.94. The largest absolute Gasteiger partial charge is 0.496 e. The number of rotatable bonds is 5. The van der Waals surface area contributed by atoms with Crippen LogP contribution in [-0.2, 0) is 4.79 Å². The molecule has 0 aliphatic carbocycles. The molecule has 130 valence electrons. The summed E-state index contributed by atoms with van der Waals surface area (Å²) in [5, 5.41) is 3.02. The van der Waals surface area contributed by atoms with Gasteiger partial charge in [-0.2, -0.15) is 0 Å². The van der Waals surface area contributed by atoms with Gasteiger partial charge in [0, 0.05) is 22.4 Å². The lowest BCUT2D eigenvalue weighted by molar-refractivity contribution is -0.112. The van der Waals surface area contributed by atoms with Crippen molar-refractivity contribution in [3.63, 3.8) is 0 Å². The molecule has 0 aliphatic heterocycles. The van der Waals surface area contributed by atoms with E-state index in [9.17, 15) is 4.79 Å². The fourth-order valence-electron chi connectivity index (χ4n) is 2.77. The first kappa shape index (κ1) is 17.5. The van der Waals surface area contributed by atoms with E-state index in [1.54, 1.807) is 14.0 Å². The van der Waals surface area contributed by atoms with Crippen molar-refractivity contribution in [2.45, 2.75) is 6.92 Å². The van der Waals surface area contributed by atoms with Crippen LogP contribution in [0, 0.1) is 0 Å². The Morgan fingerprint density at radius 1 is 0.885 bits per heavy atom. The molecule has 3 aromatic rings. The molecule has 0 fully saturated rings. The van der Waals surface area contributed by atoms with Gasteiger partial charge in [0.25, 0.3) is 5.91 Å². The Labute approximate surface area is 154 Å². The fourth-order valence-corrected chi connectivity index (χ4v) is 2.77. The van der Waals surface area contributed by atoms with Gasteiger partial charge in [0.05, 0.1) is 7.11 Å². The van der Waals surface area contributed by atoms with Gasteiger partial charge in [0.15, 0.2) is 0 Å². The van der Waals surface area contributed by atoms with E-state index < -0.39 is 0 Å². The molecule has 0 atom stereocenters. The maximum absolute atomic E-state index is 12.7. The molecule has 0 aromatic heterocycles. The molecule has 1 N–H and O–H groups in total. The summed E-state index contributed by atoms with van der Waals surface area (Å²) in [5.74, 6) is 0.601. The van der Waals surface area contributed by atoms with E-state index in [1.807, 2.05) is 84.9 Å². The van der Waals surface area contributed by atoms with Crippen molar-refractivity contribution in [2.75, 3.05) is 12.4 Å². The van der Waals surface area contributed by atoms with Crippen LogP contribution in [0.5, 0.6) is 5.75 Å². The third-order valence-corrected chi connectivity index (χ3v) is 4.13. The van der Waals surface area contributed by atoms with Crippen LogP contribution >= 0.6 is 0 Å². The molecule has 26 heavy (non-hydrogen) atoms. The highest BCUT2D eigenvalue weighted by atomic mass is 16.5. The minimum atomic E-state index is -0.140. The standard InChI is InChI=1S/C23H21NO2/c1-17(16-19-12-6-9-15-22(19)26-2)23(25)24-21-14-8-7-13-20(21)18-10-4-3-5-11-18/h3-16H,1-2H3,(H,24,25)/b17-16+. The Kier molecular flexibility index (Phi) is 5.49. The maximum Gasteiger partial charge on any atom is 0.251 e. The van der Waals surface area contributed by atoms with Gasteiger partial charge >= 0.3 is 0 Å². The monoisotopic (exact) mass is 343 g/mol. The normalized spacial score (nSPS) is 11.1. The Balaban J connectivity index is 1.86. The van der Waals surface area contributed by atoms with Crippen LogP contribution in [0.2, 0.25) is 0 Å². The number of hydrogen-bond donors (Lipinski definition) is 1. The molecule has 3 heteroatoms. The Morgan fingerprint density at radius 2 is 1.54 bits per heavy atom. The Hall–Kier alpha value is -3.33. The van der Waals surface area contributed by atoms with Crippen LogP contribution < -0.4 is 10.1 Å². The maximum atomic E-state index is 12.7. The van der Waals surface area contributed by atoms with E-state index in [4.69, 9.17) is 4.74 Å². The van der Waals surface area contributed by atoms with Crippen molar-refractivity contribution in [1.29, 1.82) is 0 Å². The van der Waals surface area contributed by atoms with Gasteiger partial charge in [-0.05, 0) is 30.7 Å². The van der Waals surface area contributed by atoms with E-state index >= 15 is 0 Å². The Morgan fingerprint density at radius 3 is 2.31 bits per heavy atom. The number of para-hydroxylation sites is 2. The second-order valence-electron chi connectivity index (χ2n) is 5.94. The molecule has 0 heterocycles. The summed E-state index contributed by atoms with van der Waals surface area (Å²) in [4.78, 5) is 12.7. The average molecular weight is 343 g/mol. The van der Waals surface area contributed by atoms with E-state index in [2.05, 4.69) is 5.32 Å². The number of nitrogens with one attached hydrogen (secondary N) is 1. The van der Waals surface area contributed by atoms with Gasteiger partial charge in [0.2, 0.25) is 0 Å². The summed E-state index contributed by atoms with van der Waals surface area (Å²) in [6, 6.07) is 25.4. The fraction of sp³-hybridized carbons (Fsp3) is 0.0870. The number of hydrogen-bond acceptors (Lipinski definition) is 2. The number of carbonyl (C=O) groups is 1. The topological polar surface area (TPSA) is 38.3 Å². The van der Waals surface area contributed by atoms with E-state index in [1.165, 1.54) is 0 Å². The smallest absolute Gasteiger partial charge is 0.251 e. The van der Waals surface area contributed by atoms with Crippen molar-refractivity contribution in [3.8, 4) is 16.9 Å². The molecule has 0 saturated heterocycles. The van der Waals surface area contributed by atoms with Gasteiger partial charge in [-0.3, -0.25) is 4.79 Å². The van der Waals surface area contributed by atoms with Crippen molar-refractivity contribution < 1.29 is 9.53 Å². The van der Waals surface area contributed by atoms with Crippen molar-refractivity contribution in [3.05, 3.63) is 90.0 Å².